The zero-order chi connectivity index (χ0) is 33.2. The lowest BCUT2D eigenvalue weighted by Crippen LogP contribution is -1.99. The summed E-state index contributed by atoms with van der Waals surface area (Å²) in [5.41, 5.74) is 18.4. The number of hydrogen-bond donors (Lipinski definition) is 0. The van der Waals surface area contributed by atoms with Crippen molar-refractivity contribution in [3.63, 3.8) is 0 Å². The number of benzene rings is 5. The topological polar surface area (TPSA) is 4.93 Å². The van der Waals surface area contributed by atoms with Gasteiger partial charge in [-0.05, 0) is 127 Å². The number of aryl methyl sites for hydroxylation is 4. The van der Waals surface area contributed by atoms with Gasteiger partial charge in [0, 0.05) is 22.0 Å². The fraction of sp³-hybridized carbons (Fsp3) is 0.234. The Balaban J connectivity index is 1.55. The molecule has 240 valence electrons. The first-order chi connectivity index (χ1) is 23.5. The van der Waals surface area contributed by atoms with Crippen LogP contribution in [0.15, 0.2) is 127 Å². The zero-order valence-corrected chi connectivity index (χ0v) is 29.2. The number of hydrogen-bond acceptors (Lipinski definition) is 0. The highest BCUT2D eigenvalue weighted by Crippen LogP contribution is 2.46. The second-order valence-electron chi connectivity index (χ2n) is 13.4. The van der Waals surface area contributed by atoms with E-state index in [0.29, 0.717) is 0 Å². The predicted molar refractivity (Wildman–Crippen MR) is 209 cm³/mol. The molecular weight excluding hydrogens is 579 g/mol. The number of nitrogens with zero attached hydrogens (tertiary/aromatic N) is 1. The average molecular weight is 626 g/mol. The molecule has 1 aromatic heterocycles. The molecule has 1 aliphatic rings. The summed E-state index contributed by atoms with van der Waals surface area (Å²) in [5.74, 6) is 0. The fourth-order valence-corrected chi connectivity index (χ4v) is 7.77. The van der Waals surface area contributed by atoms with Crippen LogP contribution in [0, 0.1) is 20.8 Å². The van der Waals surface area contributed by atoms with Gasteiger partial charge in [0.25, 0.3) is 0 Å². The number of fused-ring (bicyclic) bond motifs is 3. The Kier molecular flexibility index (Phi) is 9.04. The summed E-state index contributed by atoms with van der Waals surface area (Å²) in [6.07, 6.45) is 16.1. The molecule has 1 nitrogen and oxygen atoms in total. The first-order valence-electron chi connectivity index (χ1n) is 17.9. The molecule has 0 N–H and O–H groups in total. The van der Waals surface area contributed by atoms with Crippen molar-refractivity contribution in [1.29, 1.82) is 0 Å². The summed E-state index contributed by atoms with van der Waals surface area (Å²) >= 11 is 0. The fourth-order valence-electron chi connectivity index (χ4n) is 7.77. The normalized spacial score (nSPS) is 13.4. The maximum Gasteiger partial charge on any atom is 0.0622 e. The van der Waals surface area contributed by atoms with Gasteiger partial charge in [0.15, 0.2) is 0 Å². The number of aromatic nitrogens is 1. The van der Waals surface area contributed by atoms with E-state index in [1.807, 2.05) is 0 Å². The number of rotatable bonds is 9. The van der Waals surface area contributed by atoms with Gasteiger partial charge in [0.1, 0.15) is 0 Å². The van der Waals surface area contributed by atoms with Gasteiger partial charge in [-0.15, -0.1) is 0 Å². The summed E-state index contributed by atoms with van der Waals surface area (Å²) in [4.78, 5) is 0. The van der Waals surface area contributed by atoms with Crippen LogP contribution in [0.4, 0.5) is 0 Å². The third-order valence-corrected chi connectivity index (χ3v) is 10.2. The van der Waals surface area contributed by atoms with Crippen LogP contribution >= 0.6 is 0 Å². The van der Waals surface area contributed by atoms with E-state index in [1.165, 1.54) is 102 Å². The quantitative estimate of drug-likeness (QED) is 0.151. The standard InChI is InChI=1S/C47H47N/c1-6-8-18-36-21-13-15-23-41(36)44-33(4)25-31-43-46(44)42-30-24-34(5)45(39-22-14-12-17-32(39)3)47(42)48(43)38-28-26-37(27-29-38)40(16-7-2)35-19-10-9-11-20-35/h10,12-17,19-31H,6-9,11,18H2,1-5H3/b40-16+. The van der Waals surface area contributed by atoms with Crippen molar-refractivity contribution in [1.82, 2.24) is 4.57 Å². The van der Waals surface area contributed by atoms with Crippen LogP contribution in [0.25, 0.3) is 55.3 Å². The smallest absolute Gasteiger partial charge is 0.0622 e. The molecule has 0 unspecified atom stereocenters. The Morgan fingerprint density at radius 3 is 2.17 bits per heavy atom. The van der Waals surface area contributed by atoms with Gasteiger partial charge >= 0.3 is 0 Å². The average Bonchev–Trinajstić information content (AvgIpc) is 3.45. The lowest BCUT2D eigenvalue weighted by molar-refractivity contribution is 0.796. The van der Waals surface area contributed by atoms with Crippen molar-refractivity contribution in [2.75, 3.05) is 0 Å². The lowest BCUT2D eigenvalue weighted by atomic mass is 9.89. The van der Waals surface area contributed by atoms with E-state index in [-0.39, 0.29) is 0 Å². The molecule has 1 heterocycles. The molecule has 7 rings (SSSR count). The van der Waals surface area contributed by atoms with Gasteiger partial charge in [-0.2, -0.15) is 0 Å². The summed E-state index contributed by atoms with van der Waals surface area (Å²) < 4.78 is 2.55. The predicted octanol–water partition coefficient (Wildman–Crippen LogP) is 13.5. The van der Waals surface area contributed by atoms with E-state index >= 15 is 0 Å². The minimum absolute atomic E-state index is 1.01. The molecule has 0 atom stereocenters. The molecular formula is C47H47N. The SMILES string of the molecule is CC/C=C(\C1=CCCC=C1)c1ccc(-n2c3ccc(C)c(-c4ccccc4CCCC)c3c3ccc(C)c(-c4ccccc4C)c32)cc1. The lowest BCUT2D eigenvalue weighted by Gasteiger charge is -2.17. The third kappa shape index (κ3) is 5.66. The van der Waals surface area contributed by atoms with Crippen LogP contribution in [-0.2, 0) is 6.42 Å². The van der Waals surface area contributed by atoms with Crippen LogP contribution in [0.1, 0.15) is 73.8 Å². The molecule has 0 fully saturated rings. The van der Waals surface area contributed by atoms with Gasteiger partial charge < -0.3 is 4.57 Å². The Bertz CT molecular complexity index is 2210. The maximum absolute atomic E-state index is 2.55. The Morgan fingerprint density at radius 2 is 1.44 bits per heavy atom. The zero-order valence-electron chi connectivity index (χ0n) is 29.2. The van der Waals surface area contributed by atoms with Crippen LogP contribution < -0.4 is 0 Å². The largest absolute Gasteiger partial charge is 0.309 e. The molecule has 0 amide bonds. The monoisotopic (exact) mass is 625 g/mol. The minimum Gasteiger partial charge on any atom is -0.309 e. The third-order valence-electron chi connectivity index (χ3n) is 10.2. The Labute approximate surface area is 287 Å². The van der Waals surface area contributed by atoms with E-state index < -0.39 is 0 Å². The van der Waals surface area contributed by atoms with E-state index in [9.17, 15) is 0 Å². The highest BCUT2D eigenvalue weighted by atomic mass is 15.0. The molecule has 0 saturated carbocycles. The second kappa shape index (κ2) is 13.7. The van der Waals surface area contributed by atoms with Crippen molar-refractivity contribution >= 4 is 27.4 Å². The van der Waals surface area contributed by atoms with Gasteiger partial charge in [-0.3, -0.25) is 0 Å². The van der Waals surface area contributed by atoms with E-state index in [0.717, 1.165) is 25.7 Å². The maximum atomic E-state index is 2.55. The Hall–Kier alpha value is -4.88. The van der Waals surface area contributed by atoms with Crippen LogP contribution in [0.2, 0.25) is 0 Å². The number of allylic oxidation sites excluding steroid dienone is 6. The molecule has 6 aromatic rings. The van der Waals surface area contributed by atoms with Gasteiger partial charge in [0.2, 0.25) is 0 Å². The van der Waals surface area contributed by atoms with Crippen LogP contribution in [0.3, 0.4) is 0 Å². The second-order valence-corrected chi connectivity index (χ2v) is 13.4. The van der Waals surface area contributed by atoms with E-state index in [4.69, 9.17) is 0 Å². The molecule has 48 heavy (non-hydrogen) atoms. The summed E-state index contributed by atoms with van der Waals surface area (Å²) in [5, 5.41) is 2.66. The molecule has 0 spiro atoms. The van der Waals surface area contributed by atoms with Crippen molar-refractivity contribution in [3.8, 4) is 27.9 Å². The van der Waals surface area contributed by atoms with Gasteiger partial charge in [-0.25, -0.2) is 0 Å². The molecule has 0 radical (unpaired) electrons. The molecule has 1 heteroatoms. The molecule has 5 aromatic carbocycles. The first-order valence-corrected chi connectivity index (χ1v) is 17.9. The molecule has 1 aliphatic carbocycles. The summed E-state index contributed by atoms with van der Waals surface area (Å²) in [6.45, 7) is 11.3. The minimum atomic E-state index is 1.01. The van der Waals surface area contributed by atoms with Crippen LogP contribution in [-0.4, -0.2) is 4.57 Å². The van der Waals surface area contributed by atoms with Gasteiger partial charge in [0.05, 0.1) is 11.0 Å². The van der Waals surface area contributed by atoms with Crippen molar-refractivity contribution in [2.24, 2.45) is 0 Å². The molecule has 0 aliphatic heterocycles. The highest BCUT2D eigenvalue weighted by Gasteiger charge is 2.23. The summed E-state index contributed by atoms with van der Waals surface area (Å²) in [6, 6.07) is 36.7. The van der Waals surface area contributed by atoms with Crippen molar-refractivity contribution < 1.29 is 0 Å². The summed E-state index contributed by atoms with van der Waals surface area (Å²) in [7, 11) is 0. The van der Waals surface area contributed by atoms with Crippen LogP contribution in [0.5, 0.6) is 0 Å². The first kappa shape index (κ1) is 31.7. The highest BCUT2D eigenvalue weighted by molar-refractivity contribution is 6.20. The van der Waals surface area contributed by atoms with E-state index in [2.05, 4.69) is 161 Å². The Morgan fingerprint density at radius 1 is 0.708 bits per heavy atom. The van der Waals surface area contributed by atoms with Gasteiger partial charge in [-0.1, -0.05) is 123 Å². The van der Waals surface area contributed by atoms with Crippen molar-refractivity contribution in [3.05, 3.63) is 155 Å². The molecule has 0 bridgehead atoms. The van der Waals surface area contributed by atoms with Crippen molar-refractivity contribution in [2.45, 2.75) is 73.1 Å². The van der Waals surface area contributed by atoms with E-state index in [1.54, 1.807) is 0 Å². The number of unbranched alkanes of at least 4 members (excludes halogenated alkanes) is 1. The molecule has 0 saturated heterocycles.